The lowest BCUT2D eigenvalue weighted by Crippen LogP contribution is -2.55. The van der Waals surface area contributed by atoms with Crippen molar-refractivity contribution in [2.24, 2.45) is 5.92 Å². The highest BCUT2D eigenvalue weighted by atomic mass is 32.2. The molecule has 0 bridgehead atoms. The zero-order valence-corrected chi connectivity index (χ0v) is 11.4. The Morgan fingerprint density at radius 1 is 1.50 bits per heavy atom. The molecule has 0 aromatic rings. The molecule has 0 aromatic heterocycles. The fourth-order valence-corrected chi connectivity index (χ4v) is 2.98. The molecule has 16 heavy (non-hydrogen) atoms. The third kappa shape index (κ3) is 2.76. The van der Waals surface area contributed by atoms with E-state index in [4.69, 9.17) is 4.74 Å². The Kier molecular flexibility index (Phi) is 4.37. The highest BCUT2D eigenvalue weighted by Gasteiger charge is 2.43. The molecule has 1 saturated heterocycles. The Hall–Kier alpha value is -0.130. The molecule has 0 aliphatic carbocycles. The average Bonchev–Trinajstić information content (AvgIpc) is 2.64. The second kappa shape index (κ2) is 5.02. The van der Waals surface area contributed by atoms with E-state index in [2.05, 4.69) is 5.32 Å². The van der Waals surface area contributed by atoms with E-state index in [9.17, 15) is 8.42 Å². The van der Waals surface area contributed by atoms with Crippen LogP contribution in [0.5, 0.6) is 0 Å². The normalized spacial score (nSPS) is 24.6. The lowest BCUT2D eigenvalue weighted by molar-refractivity contribution is 0.171. The summed E-state index contributed by atoms with van der Waals surface area (Å²) < 4.78 is 28.3. The van der Waals surface area contributed by atoms with Gasteiger partial charge in [-0.2, -0.15) is 0 Å². The molecule has 1 rings (SSSR count). The standard InChI is InChI=1S/C11H23NO3S/c1-5-12-10(9-6-7-15-8-9)11(2,3)16(4,13)14/h9-10,12H,5-8H2,1-4H3. The molecule has 5 heteroatoms. The van der Waals surface area contributed by atoms with Gasteiger partial charge in [-0.05, 0) is 26.8 Å². The summed E-state index contributed by atoms with van der Waals surface area (Å²) >= 11 is 0. The van der Waals surface area contributed by atoms with E-state index in [1.165, 1.54) is 6.26 Å². The minimum atomic E-state index is -3.08. The van der Waals surface area contributed by atoms with Crippen LogP contribution in [0.2, 0.25) is 0 Å². The van der Waals surface area contributed by atoms with Gasteiger partial charge < -0.3 is 10.1 Å². The Bertz CT molecular complexity index is 318. The van der Waals surface area contributed by atoms with Crippen LogP contribution in [0, 0.1) is 5.92 Å². The molecular weight excluding hydrogens is 226 g/mol. The zero-order chi connectivity index (χ0) is 12.4. The van der Waals surface area contributed by atoms with E-state index in [1.807, 2.05) is 6.92 Å². The van der Waals surface area contributed by atoms with Crippen molar-refractivity contribution in [3.05, 3.63) is 0 Å². The van der Waals surface area contributed by atoms with Crippen molar-refractivity contribution in [1.82, 2.24) is 5.32 Å². The van der Waals surface area contributed by atoms with Crippen molar-refractivity contribution in [2.75, 3.05) is 26.0 Å². The monoisotopic (exact) mass is 249 g/mol. The first-order valence-electron chi connectivity index (χ1n) is 5.81. The Morgan fingerprint density at radius 2 is 2.12 bits per heavy atom. The molecule has 2 unspecified atom stereocenters. The highest BCUT2D eigenvalue weighted by Crippen LogP contribution is 2.29. The molecule has 4 nitrogen and oxygen atoms in total. The fraction of sp³-hybridized carbons (Fsp3) is 1.00. The first-order chi connectivity index (χ1) is 7.30. The van der Waals surface area contributed by atoms with Crippen LogP contribution >= 0.6 is 0 Å². The summed E-state index contributed by atoms with van der Waals surface area (Å²) in [4.78, 5) is 0. The van der Waals surface area contributed by atoms with Crippen LogP contribution in [0.1, 0.15) is 27.2 Å². The smallest absolute Gasteiger partial charge is 0.154 e. The SMILES string of the molecule is CCNC(C1CCOC1)C(C)(C)S(C)(=O)=O. The number of ether oxygens (including phenoxy) is 1. The van der Waals surface area contributed by atoms with Gasteiger partial charge in [0, 0.05) is 24.8 Å². The quantitative estimate of drug-likeness (QED) is 0.784. The van der Waals surface area contributed by atoms with Gasteiger partial charge in [-0.15, -0.1) is 0 Å². The maximum Gasteiger partial charge on any atom is 0.154 e. The number of hydrogen-bond acceptors (Lipinski definition) is 4. The third-order valence-electron chi connectivity index (χ3n) is 3.56. The van der Waals surface area contributed by atoms with Gasteiger partial charge in [-0.25, -0.2) is 8.42 Å². The first kappa shape index (κ1) is 13.9. The summed E-state index contributed by atoms with van der Waals surface area (Å²) in [5.74, 6) is 0.296. The Labute approximate surface area is 98.7 Å². The van der Waals surface area contributed by atoms with Crippen LogP contribution in [0.25, 0.3) is 0 Å². The van der Waals surface area contributed by atoms with Crippen molar-refractivity contribution < 1.29 is 13.2 Å². The van der Waals surface area contributed by atoms with E-state index >= 15 is 0 Å². The maximum absolute atomic E-state index is 11.8. The Morgan fingerprint density at radius 3 is 2.50 bits per heavy atom. The predicted octanol–water partition coefficient (Wildman–Crippen LogP) is 0.824. The van der Waals surface area contributed by atoms with E-state index in [0.717, 1.165) is 19.6 Å². The van der Waals surface area contributed by atoms with Gasteiger partial charge in [-0.3, -0.25) is 0 Å². The molecule has 0 spiro atoms. The van der Waals surface area contributed by atoms with Crippen molar-refractivity contribution in [3.8, 4) is 0 Å². The predicted molar refractivity (Wildman–Crippen MR) is 65.3 cm³/mol. The molecule has 0 saturated carbocycles. The molecule has 1 aliphatic rings. The lowest BCUT2D eigenvalue weighted by Gasteiger charge is -2.36. The molecular formula is C11H23NO3S. The summed E-state index contributed by atoms with van der Waals surface area (Å²) in [6.07, 6.45) is 2.25. The number of nitrogens with one attached hydrogen (secondary N) is 1. The molecule has 1 N–H and O–H groups in total. The number of sulfone groups is 1. The summed E-state index contributed by atoms with van der Waals surface area (Å²) in [6.45, 7) is 7.78. The first-order valence-corrected chi connectivity index (χ1v) is 7.70. The largest absolute Gasteiger partial charge is 0.381 e. The second-order valence-corrected chi connectivity index (χ2v) is 7.63. The molecule has 2 atom stereocenters. The van der Waals surface area contributed by atoms with E-state index < -0.39 is 14.6 Å². The molecule has 0 radical (unpaired) electrons. The number of rotatable bonds is 5. The number of hydrogen-bond donors (Lipinski definition) is 1. The summed E-state index contributed by atoms with van der Waals surface area (Å²) in [5, 5.41) is 3.31. The third-order valence-corrected chi connectivity index (χ3v) is 5.73. The topological polar surface area (TPSA) is 55.4 Å². The molecule has 1 heterocycles. The van der Waals surface area contributed by atoms with Crippen LogP contribution in [-0.4, -0.2) is 45.2 Å². The molecule has 1 fully saturated rings. The average molecular weight is 249 g/mol. The van der Waals surface area contributed by atoms with Crippen LogP contribution < -0.4 is 5.32 Å². The zero-order valence-electron chi connectivity index (χ0n) is 10.6. The second-order valence-electron chi connectivity index (χ2n) is 5.03. The minimum Gasteiger partial charge on any atom is -0.381 e. The molecule has 0 aromatic carbocycles. The Balaban J connectivity index is 2.91. The van der Waals surface area contributed by atoms with E-state index in [-0.39, 0.29) is 6.04 Å². The van der Waals surface area contributed by atoms with Crippen LogP contribution in [0.15, 0.2) is 0 Å². The molecule has 1 aliphatic heterocycles. The van der Waals surface area contributed by atoms with Gasteiger partial charge in [-0.1, -0.05) is 6.92 Å². The van der Waals surface area contributed by atoms with Gasteiger partial charge in [0.1, 0.15) is 0 Å². The van der Waals surface area contributed by atoms with E-state index in [1.54, 1.807) is 13.8 Å². The van der Waals surface area contributed by atoms with Crippen molar-refractivity contribution >= 4 is 9.84 Å². The van der Waals surface area contributed by atoms with Gasteiger partial charge in [0.25, 0.3) is 0 Å². The van der Waals surface area contributed by atoms with Crippen molar-refractivity contribution in [2.45, 2.75) is 38.0 Å². The summed E-state index contributed by atoms with van der Waals surface area (Å²) in [6, 6.07) is -0.0324. The van der Waals surface area contributed by atoms with Gasteiger partial charge in [0.2, 0.25) is 0 Å². The van der Waals surface area contributed by atoms with Gasteiger partial charge in [0.05, 0.1) is 11.4 Å². The fourth-order valence-electron chi connectivity index (χ4n) is 2.25. The molecule has 96 valence electrons. The van der Waals surface area contributed by atoms with Crippen LogP contribution in [-0.2, 0) is 14.6 Å². The van der Waals surface area contributed by atoms with Gasteiger partial charge >= 0.3 is 0 Å². The molecule has 0 amide bonds. The van der Waals surface area contributed by atoms with E-state index in [0.29, 0.717) is 12.5 Å². The highest BCUT2D eigenvalue weighted by molar-refractivity contribution is 7.92. The maximum atomic E-state index is 11.8. The van der Waals surface area contributed by atoms with Crippen molar-refractivity contribution in [3.63, 3.8) is 0 Å². The van der Waals surface area contributed by atoms with Crippen molar-refractivity contribution in [1.29, 1.82) is 0 Å². The minimum absolute atomic E-state index is 0.0324. The van der Waals surface area contributed by atoms with Gasteiger partial charge in [0.15, 0.2) is 9.84 Å². The summed E-state index contributed by atoms with van der Waals surface area (Å²) in [7, 11) is -3.08. The summed E-state index contributed by atoms with van der Waals surface area (Å²) in [5.41, 5.74) is 0. The van der Waals surface area contributed by atoms with Crippen LogP contribution in [0.3, 0.4) is 0 Å². The van der Waals surface area contributed by atoms with Crippen LogP contribution in [0.4, 0.5) is 0 Å². The lowest BCUT2D eigenvalue weighted by atomic mass is 9.89.